The summed E-state index contributed by atoms with van der Waals surface area (Å²) in [7, 11) is 0. The van der Waals surface area contributed by atoms with Crippen molar-refractivity contribution in [3.05, 3.63) is 36.8 Å². The van der Waals surface area contributed by atoms with Crippen LogP contribution in [0.2, 0.25) is 0 Å². The number of amidine groups is 1. The van der Waals surface area contributed by atoms with Gasteiger partial charge < -0.3 is 4.74 Å². The molecule has 0 N–H and O–H groups in total. The lowest BCUT2D eigenvalue weighted by atomic mass is 10.3. The van der Waals surface area contributed by atoms with Gasteiger partial charge >= 0.3 is 0 Å². The molecule has 0 aromatic carbocycles. The zero-order valence-corrected chi connectivity index (χ0v) is 7.76. The van der Waals surface area contributed by atoms with Crippen LogP contribution in [-0.2, 0) is 4.74 Å². The molecule has 3 rings (SSSR count). The van der Waals surface area contributed by atoms with E-state index in [-0.39, 0.29) is 0 Å². The van der Waals surface area contributed by atoms with Crippen LogP contribution in [0.25, 0.3) is 0 Å². The molecule has 0 radical (unpaired) electrons. The molecule has 4 heteroatoms. The molecule has 0 bridgehead atoms. The molecule has 3 heterocycles. The molecule has 0 saturated carbocycles. The highest BCUT2D eigenvalue weighted by Crippen LogP contribution is 2.24. The van der Waals surface area contributed by atoms with Crippen molar-refractivity contribution in [3.8, 4) is 0 Å². The molecule has 1 saturated heterocycles. The Hall–Kier alpha value is -1.55. The van der Waals surface area contributed by atoms with Crippen molar-refractivity contribution in [2.75, 3.05) is 13.2 Å². The molecule has 4 nitrogen and oxygen atoms in total. The highest BCUT2D eigenvalue weighted by atomic mass is 16.6. The maximum Gasteiger partial charge on any atom is 0.158 e. The zero-order chi connectivity index (χ0) is 9.54. The van der Waals surface area contributed by atoms with Crippen molar-refractivity contribution >= 4 is 5.84 Å². The van der Waals surface area contributed by atoms with Gasteiger partial charge in [-0.2, -0.15) is 5.10 Å². The minimum atomic E-state index is 0.338. The van der Waals surface area contributed by atoms with Crippen molar-refractivity contribution < 1.29 is 4.74 Å². The molecule has 1 unspecified atom stereocenters. The predicted octanol–water partition coefficient (Wildman–Crippen LogP) is 0.871. The Labute approximate surface area is 82.4 Å². The minimum Gasteiger partial charge on any atom is -0.371 e. The summed E-state index contributed by atoms with van der Waals surface area (Å²) in [6.45, 7) is 5.65. The van der Waals surface area contributed by atoms with Gasteiger partial charge in [0.25, 0.3) is 0 Å². The highest BCUT2D eigenvalue weighted by Gasteiger charge is 2.31. The first-order valence-electron chi connectivity index (χ1n) is 4.65. The second kappa shape index (κ2) is 2.72. The lowest BCUT2D eigenvalue weighted by Crippen LogP contribution is -2.25. The summed E-state index contributed by atoms with van der Waals surface area (Å²) in [5, 5.41) is 6.33. The van der Waals surface area contributed by atoms with Gasteiger partial charge in [0, 0.05) is 6.20 Å². The first kappa shape index (κ1) is 7.82. The number of hydrogen-bond donors (Lipinski definition) is 0. The molecule has 14 heavy (non-hydrogen) atoms. The standard InChI is InChI=1S/C10H11N3O/c1-8-12-5-3-2-4-10(12)11-13(8)6-9-7-14-9/h2-5,9H,1,6-7H2. The molecule has 1 atom stereocenters. The first-order chi connectivity index (χ1) is 6.84. The smallest absolute Gasteiger partial charge is 0.158 e. The quantitative estimate of drug-likeness (QED) is 0.604. The van der Waals surface area contributed by atoms with Crippen LogP contribution in [0.5, 0.6) is 0 Å². The molecule has 0 aromatic rings. The number of nitrogens with zero attached hydrogens (tertiary/aromatic N) is 3. The van der Waals surface area contributed by atoms with E-state index in [1.54, 1.807) is 0 Å². The van der Waals surface area contributed by atoms with Crippen LogP contribution in [0.3, 0.4) is 0 Å². The Balaban J connectivity index is 1.81. The van der Waals surface area contributed by atoms with Crippen LogP contribution in [-0.4, -0.2) is 35.0 Å². The molecule has 0 aromatic heterocycles. The fraction of sp³-hybridized carbons (Fsp3) is 0.300. The second-order valence-electron chi connectivity index (χ2n) is 3.48. The summed E-state index contributed by atoms with van der Waals surface area (Å²) in [6, 6.07) is 0. The van der Waals surface area contributed by atoms with E-state index >= 15 is 0 Å². The van der Waals surface area contributed by atoms with Gasteiger partial charge in [0.15, 0.2) is 5.84 Å². The van der Waals surface area contributed by atoms with Gasteiger partial charge in [0.2, 0.25) is 0 Å². The summed E-state index contributed by atoms with van der Waals surface area (Å²) in [4.78, 5) is 1.97. The average Bonchev–Trinajstić information content (AvgIpc) is 2.95. The predicted molar refractivity (Wildman–Crippen MR) is 53.1 cm³/mol. The van der Waals surface area contributed by atoms with Gasteiger partial charge in [-0.3, -0.25) is 4.90 Å². The molecule has 0 spiro atoms. The Morgan fingerprint density at radius 2 is 2.43 bits per heavy atom. The Bertz CT molecular complexity index is 366. The number of fused-ring (bicyclic) bond motifs is 1. The number of epoxide rings is 1. The topological polar surface area (TPSA) is 31.4 Å². The van der Waals surface area contributed by atoms with Gasteiger partial charge in [0.05, 0.1) is 13.2 Å². The minimum absolute atomic E-state index is 0.338. The van der Waals surface area contributed by atoms with Gasteiger partial charge in [-0.25, -0.2) is 5.01 Å². The molecule has 3 aliphatic rings. The third-order valence-corrected chi connectivity index (χ3v) is 2.42. The van der Waals surface area contributed by atoms with E-state index in [0.29, 0.717) is 6.10 Å². The molecule has 3 aliphatic heterocycles. The summed E-state index contributed by atoms with van der Waals surface area (Å²) < 4.78 is 5.17. The Kier molecular flexibility index (Phi) is 1.52. The number of rotatable bonds is 2. The van der Waals surface area contributed by atoms with Crippen LogP contribution in [0.15, 0.2) is 41.9 Å². The largest absolute Gasteiger partial charge is 0.371 e. The molecular formula is C10H11N3O. The second-order valence-corrected chi connectivity index (χ2v) is 3.48. The molecule has 72 valence electrons. The van der Waals surface area contributed by atoms with E-state index in [9.17, 15) is 0 Å². The van der Waals surface area contributed by atoms with Crippen molar-refractivity contribution in [2.24, 2.45) is 5.10 Å². The fourth-order valence-corrected chi connectivity index (χ4v) is 1.55. The molecular weight excluding hydrogens is 178 g/mol. The van der Waals surface area contributed by atoms with Crippen LogP contribution in [0.4, 0.5) is 0 Å². The van der Waals surface area contributed by atoms with Gasteiger partial charge in [0.1, 0.15) is 11.9 Å². The Morgan fingerprint density at radius 3 is 3.14 bits per heavy atom. The lowest BCUT2D eigenvalue weighted by molar-refractivity contribution is 0.291. The van der Waals surface area contributed by atoms with E-state index in [1.807, 2.05) is 34.3 Å². The van der Waals surface area contributed by atoms with Crippen LogP contribution < -0.4 is 0 Å². The lowest BCUT2D eigenvalue weighted by Gasteiger charge is -2.19. The van der Waals surface area contributed by atoms with E-state index in [0.717, 1.165) is 24.8 Å². The highest BCUT2D eigenvalue weighted by molar-refractivity contribution is 5.97. The third-order valence-electron chi connectivity index (χ3n) is 2.42. The SMILES string of the molecule is C=C1N(CC2CO2)N=C2C=CC=CN12. The first-order valence-corrected chi connectivity index (χ1v) is 4.65. The average molecular weight is 189 g/mol. The maximum absolute atomic E-state index is 5.17. The zero-order valence-electron chi connectivity index (χ0n) is 7.76. The van der Waals surface area contributed by atoms with Gasteiger partial charge in [-0.15, -0.1) is 0 Å². The summed E-state index contributed by atoms with van der Waals surface area (Å²) in [5.41, 5.74) is 0. The Morgan fingerprint density at radius 1 is 1.57 bits per heavy atom. The number of allylic oxidation sites excluding steroid dienone is 2. The third kappa shape index (κ3) is 1.15. The van der Waals surface area contributed by atoms with Crippen LogP contribution >= 0.6 is 0 Å². The van der Waals surface area contributed by atoms with E-state index in [1.165, 1.54) is 0 Å². The van der Waals surface area contributed by atoms with Crippen molar-refractivity contribution in [3.63, 3.8) is 0 Å². The number of hydrogen-bond acceptors (Lipinski definition) is 4. The van der Waals surface area contributed by atoms with Crippen molar-refractivity contribution in [1.29, 1.82) is 0 Å². The molecule has 0 aliphatic carbocycles. The number of ether oxygens (including phenoxy) is 1. The van der Waals surface area contributed by atoms with Gasteiger partial charge in [-0.05, 0) is 12.2 Å². The maximum atomic E-state index is 5.17. The fourth-order valence-electron chi connectivity index (χ4n) is 1.55. The van der Waals surface area contributed by atoms with Crippen molar-refractivity contribution in [2.45, 2.75) is 6.10 Å². The van der Waals surface area contributed by atoms with Crippen LogP contribution in [0.1, 0.15) is 0 Å². The van der Waals surface area contributed by atoms with Crippen LogP contribution in [0, 0.1) is 0 Å². The van der Waals surface area contributed by atoms with Crippen molar-refractivity contribution in [1.82, 2.24) is 9.91 Å². The normalized spacial score (nSPS) is 28.1. The monoisotopic (exact) mass is 189 g/mol. The summed E-state index contributed by atoms with van der Waals surface area (Å²) in [6.07, 6.45) is 8.22. The van der Waals surface area contributed by atoms with E-state index in [4.69, 9.17) is 4.74 Å². The molecule has 1 fully saturated rings. The van der Waals surface area contributed by atoms with E-state index in [2.05, 4.69) is 11.7 Å². The summed E-state index contributed by atoms with van der Waals surface area (Å²) >= 11 is 0. The summed E-state index contributed by atoms with van der Waals surface area (Å²) in [5.74, 6) is 1.83. The van der Waals surface area contributed by atoms with E-state index < -0.39 is 0 Å². The number of hydrazone groups is 1. The molecule has 0 amide bonds. The van der Waals surface area contributed by atoms with Gasteiger partial charge in [-0.1, -0.05) is 12.7 Å².